The van der Waals surface area contributed by atoms with Crippen molar-refractivity contribution >= 4 is 17.6 Å². The smallest absolute Gasteiger partial charge is 0.191 e. The lowest BCUT2D eigenvalue weighted by Gasteiger charge is -2.38. The molecule has 0 amide bonds. The number of guanidine groups is 1. The third-order valence-electron chi connectivity index (χ3n) is 5.59. The number of benzene rings is 2. The summed E-state index contributed by atoms with van der Waals surface area (Å²) >= 11 is 6.55. The average molecular weight is 416 g/mol. The monoisotopic (exact) mass is 415 g/mol. The molecule has 1 fully saturated rings. The summed E-state index contributed by atoms with van der Waals surface area (Å²) in [4.78, 5) is 4.39. The first-order valence-electron chi connectivity index (χ1n) is 10.1. The first-order valence-corrected chi connectivity index (χ1v) is 10.5. The summed E-state index contributed by atoms with van der Waals surface area (Å²) in [6.07, 6.45) is 2.72. The van der Waals surface area contributed by atoms with E-state index in [1.807, 2.05) is 30.3 Å². The standard InChI is InChI=1S/C23H30ClN3O2/c1-25-22(26-14-11-18-7-3-6-10-21(18)28-2)27-17-23(12-15-29-16-13-23)19-8-4-5-9-20(19)24/h3-10H,11-17H2,1-2H3,(H2,25,26,27). The number of nitrogens with one attached hydrogen (secondary N) is 2. The van der Waals surface area contributed by atoms with Crippen LogP contribution in [0.5, 0.6) is 5.75 Å². The zero-order chi connectivity index (χ0) is 20.5. The van der Waals surface area contributed by atoms with Gasteiger partial charge in [-0.25, -0.2) is 0 Å². The number of ether oxygens (including phenoxy) is 2. The second-order valence-corrected chi connectivity index (χ2v) is 7.69. The summed E-state index contributed by atoms with van der Waals surface area (Å²) in [7, 11) is 3.50. The molecule has 0 saturated carbocycles. The molecule has 0 radical (unpaired) electrons. The van der Waals surface area contributed by atoms with Gasteiger partial charge in [-0.2, -0.15) is 0 Å². The first kappa shape index (κ1) is 21.5. The van der Waals surface area contributed by atoms with E-state index in [0.717, 1.165) is 62.3 Å². The van der Waals surface area contributed by atoms with Crippen LogP contribution in [0, 0.1) is 0 Å². The number of rotatable bonds is 7. The molecule has 0 spiro atoms. The maximum atomic E-state index is 6.55. The lowest BCUT2D eigenvalue weighted by molar-refractivity contribution is 0.0514. The topological polar surface area (TPSA) is 54.9 Å². The zero-order valence-corrected chi connectivity index (χ0v) is 18.0. The van der Waals surface area contributed by atoms with Crippen molar-refractivity contribution in [1.29, 1.82) is 0 Å². The largest absolute Gasteiger partial charge is 0.496 e. The maximum Gasteiger partial charge on any atom is 0.191 e. The van der Waals surface area contributed by atoms with E-state index >= 15 is 0 Å². The molecule has 2 aromatic carbocycles. The summed E-state index contributed by atoms with van der Waals surface area (Å²) in [5, 5.41) is 7.74. The Bertz CT molecular complexity index is 819. The summed E-state index contributed by atoms with van der Waals surface area (Å²) in [5.41, 5.74) is 2.30. The predicted molar refractivity (Wildman–Crippen MR) is 119 cm³/mol. The predicted octanol–water partition coefficient (Wildman–Crippen LogP) is 3.80. The van der Waals surface area contributed by atoms with E-state index in [-0.39, 0.29) is 5.41 Å². The highest BCUT2D eigenvalue weighted by atomic mass is 35.5. The van der Waals surface area contributed by atoms with Gasteiger partial charge in [-0.1, -0.05) is 48.0 Å². The first-order chi connectivity index (χ1) is 14.2. The molecular formula is C23H30ClN3O2. The third kappa shape index (κ3) is 5.43. The molecule has 0 atom stereocenters. The van der Waals surface area contributed by atoms with Crippen molar-refractivity contribution in [2.45, 2.75) is 24.7 Å². The van der Waals surface area contributed by atoms with Gasteiger partial charge in [-0.3, -0.25) is 4.99 Å². The Morgan fingerprint density at radius 3 is 2.55 bits per heavy atom. The fourth-order valence-electron chi connectivity index (χ4n) is 3.89. The molecule has 3 rings (SSSR count). The highest BCUT2D eigenvalue weighted by molar-refractivity contribution is 6.31. The second-order valence-electron chi connectivity index (χ2n) is 7.29. The van der Waals surface area contributed by atoms with Crippen LogP contribution in [0.1, 0.15) is 24.0 Å². The summed E-state index contributed by atoms with van der Waals surface area (Å²) in [5.74, 6) is 1.70. The van der Waals surface area contributed by atoms with Gasteiger partial charge in [0.25, 0.3) is 0 Å². The zero-order valence-electron chi connectivity index (χ0n) is 17.2. The molecule has 1 aliphatic heterocycles. The van der Waals surface area contributed by atoms with Crippen molar-refractivity contribution in [3.8, 4) is 5.75 Å². The third-order valence-corrected chi connectivity index (χ3v) is 5.92. The van der Waals surface area contributed by atoms with E-state index < -0.39 is 0 Å². The number of hydrogen-bond acceptors (Lipinski definition) is 3. The van der Waals surface area contributed by atoms with Gasteiger partial charge in [0.2, 0.25) is 0 Å². The van der Waals surface area contributed by atoms with E-state index in [2.05, 4.69) is 33.8 Å². The lowest BCUT2D eigenvalue weighted by atomic mass is 9.74. The van der Waals surface area contributed by atoms with E-state index in [1.165, 1.54) is 11.1 Å². The molecular weight excluding hydrogens is 386 g/mol. The minimum absolute atomic E-state index is 0.0587. The van der Waals surface area contributed by atoms with Gasteiger partial charge < -0.3 is 20.1 Å². The molecule has 5 nitrogen and oxygen atoms in total. The van der Waals surface area contributed by atoms with Crippen LogP contribution in [0.2, 0.25) is 5.02 Å². The van der Waals surface area contributed by atoms with E-state index in [9.17, 15) is 0 Å². The molecule has 2 N–H and O–H groups in total. The fraction of sp³-hybridized carbons (Fsp3) is 0.435. The molecule has 0 bridgehead atoms. The van der Waals surface area contributed by atoms with Crippen molar-refractivity contribution in [1.82, 2.24) is 10.6 Å². The van der Waals surface area contributed by atoms with Gasteiger partial charge >= 0.3 is 0 Å². The van der Waals surface area contributed by atoms with Crippen LogP contribution < -0.4 is 15.4 Å². The van der Waals surface area contributed by atoms with Crippen molar-refractivity contribution in [2.75, 3.05) is 40.5 Å². The normalized spacial score (nSPS) is 16.3. The number of halogens is 1. The van der Waals surface area contributed by atoms with E-state index in [1.54, 1.807) is 14.2 Å². The molecule has 1 aliphatic rings. The Hall–Kier alpha value is -2.24. The van der Waals surface area contributed by atoms with Gasteiger partial charge in [0.1, 0.15) is 5.75 Å². The lowest BCUT2D eigenvalue weighted by Crippen LogP contribution is -2.48. The molecule has 6 heteroatoms. The number of methoxy groups -OCH3 is 1. The Balaban J connectivity index is 1.61. The number of aliphatic imine (C=N–C) groups is 1. The Kier molecular flexibility index (Phi) is 7.78. The number of nitrogens with zero attached hydrogens (tertiary/aromatic N) is 1. The van der Waals surface area contributed by atoms with Crippen molar-refractivity contribution in [3.63, 3.8) is 0 Å². The van der Waals surface area contributed by atoms with Crippen molar-refractivity contribution < 1.29 is 9.47 Å². The van der Waals surface area contributed by atoms with Crippen LogP contribution in [-0.2, 0) is 16.6 Å². The van der Waals surface area contributed by atoms with Crippen LogP contribution in [0.25, 0.3) is 0 Å². The van der Waals surface area contributed by atoms with Crippen molar-refractivity contribution in [2.24, 2.45) is 4.99 Å². The highest BCUT2D eigenvalue weighted by Gasteiger charge is 2.36. The van der Waals surface area contributed by atoms with Crippen LogP contribution in [-0.4, -0.2) is 46.4 Å². The molecule has 1 saturated heterocycles. The van der Waals surface area contributed by atoms with Crippen LogP contribution >= 0.6 is 11.6 Å². The molecule has 0 aliphatic carbocycles. The molecule has 1 heterocycles. The van der Waals surface area contributed by atoms with Crippen LogP contribution in [0.3, 0.4) is 0 Å². The molecule has 2 aromatic rings. The van der Waals surface area contributed by atoms with Gasteiger partial charge in [0, 0.05) is 43.8 Å². The summed E-state index contributed by atoms with van der Waals surface area (Å²) < 4.78 is 11.1. The van der Waals surface area contributed by atoms with Gasteiger partial charge in [-0.05, 0) is 42.5 Å². The maximum absolute atomic E-state index is 6.55. The molecule has 29 heavy (non-hydrogen) atoms. The summed E-state index contributed by atoms with van der Waals surface area (Å²) in [6, 6.07) is 16.2. The van der Waals surface area contributed by atoms with Crippen LogP contribution in [0.4, 0.5) is 0 Å². The molecule has 0 unspecified atom stereocenters. The minimum atomic E-state index is -0.0587. The van der Waals surface area contributed by atoms with Gasteiger partial charge in [-0.15, -0.1) is 0 Å². The highest BCUT2D eigenvalue weighted by Crippen LogP contribution is 2.38. The fourth-order valence-corrected chi connectivity index (χ4v) is 4.23. The van der Waals surface area contributed by atoms with E-state index in [4.69, 9.17) is 21.1 Å². The number of para-hydroxylation sites is 1. The number of hydrogen-bond donors (Lipinski definition) is 2. The molecule has 156 valence electrons. The van der Waals surface area contributed by atoms with E-state index in [0.29, 0.717) is 0 Å². The Morgan fingerprint density at radius 1 is 1.10 bits per heavy atom. The van der Waals surface area contributed by atoms with Gasteiger partial charge in [0.05, 0.1) is 7.11 Å². The second kappa shape index (κ2) is 10.5. The molecule has 0 aromatic heterocycles. The Labute approximate surface area is 178 Å². The quantitative estimate of drug-likeness (QED) is 0.533. The Morgan fingerprint density at radius 2 is 1.83 bits per heavy atom. The van der Waals surface area contributed by atoms with Crippen molar-refractivity contribution in [3.05, 3.63) is 64.7 Å². The van der Waals surface area contributed by atoms with Gasteiger partial charge in [0.15, 0.2) is 5.96 Å². The SMILES string of the molecule is CN=C(NCCc1ccccc1OC)NCC1(c2ccccc2Cl)CCOCC1. The summed E-state index contributed by atoms with van der Waals surface area (Å²) in [6.45, 7) is 3.01. The average Bonchev–Trinajstić information content (AvgIpc) is 2.77. The van der Waals surface area contributed by atoms with Crippen LogP contribution in [0.15, 0.2) is 53.5 Å². The minimum Gasteiger partial charge on any atom is -0.496 e.